The number of hydrogen-bond acceptors (Lipinski definition) is 3. The molecule has 5 nitrogen and oxygen atoms in total. The Bertz CT molecular complexity index is 692. The molecule has 0 radical (unpaired) electrons. The lowest BCUT2D eigenvalue weighted by Gasteiger charge is -2.28. The highest BCUT2D eigenvalue weighted by Gasteiger charge is 2.29. The molecule has 2 aromatic rings. The van der Waals surface area contributed by atoms with Gasteiger partial charge in [-0.05, 0) is 31.5 Å². The summed E-state index contributed by atoms with van der Waals surface area (Å²) >= 11 is 5.36. The molecule has 6 heteroatoms. The number of carboxylic acids is 1. The van der Waals surface area contributed by atoms with Gasteiger partial charge >= 0.3 is 5.97 Å². The van der Waals surface area contributed by atoms with Crippen LogP contribution in [0.15, 0.2) is 30.3 Å². The fourth-order valence-corrected chi connectivity index (χ4v) is 3.34. The summed E-state index contributed by atoms with van der Waals surface area (Å²) in [6, 6.07) is 9.94. The van der Waals surface area contributed by atoms with E-state index in [9.17, 15) is 9.90 Å². The fourth-order valence-electron chi connectivity index (χ4n) is 3.06. The molecule has 2 atom stereocenters. The number of nitrogens with one attached hydrogen (secondary N) is 1. The van der Waals surface area contributed by atoms with Crippen molar-refractivity contribution >= 4 is 18.2 Å². The van der Waals surface area contributed by atoms with Crippen LogP contribution in [-0.4, -0.2) is 25.8 Å². The van der Waals surface area contributed by atoms with Gasteiger partial charge in [-0.15, -0.1) is 0 Å². The maximum absolute atomic E-state index is 11.3. The van der Waals surface area contributed by atoms with Crippen LogP contribution in [0, 0.1) is 10.7 Å². The fraction of sp³-hybridized carbons (Fsp3) is 0.400. The minimum atomic E-state index is -0.712. The quantitative estimate of drug-likeness (QED) is 0.852. The predicted octanol–water partition coefficient (Wildman–Crippen LogP) is 3.42. The topological polar surface area (TPSA) is 70.9 Å². The smallest absolute Gasteiger partial charge is 0.306 e. The molecule has 1 aliphatic carbocycles. The van der Waals surface area contributed by atoms with Gasteiger partial charge in [0, 0.05) is 11.6 Å². The second-order valence-electron chi connectivity index (χ2n) is 5.44. The average molecular weight is 303 g/mol. The standard InChI is InChI=1S/C15H17N3O2S/c19-14(20)11-7-4-8-12(9-11)18-13(16-17-15(18)21)10-5-2-1-3-6-10/h1-3,5-6,11-12H,4,7-9H2,(H,17,21)(H,19,20). The van der Waals surface area contributed by atoms with Gasteiger partial charge < -0.3 is 5.11 Å². The monoisotopic (exact) mass is 303 g/mol. The number of H-pyrrole nitrogens is 1. The minimum absolute atomic E-state index is 0.0984. The summed E-state index contributed by atoms with van der Waals surface area (Å²) in [4.78, 5) is 11.3. The lowest BCUT2D eigenvalue weighted by molar-refractivity contribution is -0.143. The van der Waals surface area contributed by atoms with Gasteiger partial charge in [-0.3, -0.25) is 14.5 Å². The van der Waals surface area contributed by atoms with Gasteiger partial charge in [0.05, 0.1) is 5.92 Å². The molecule has 1 heterocycles. The number of aromatic nitrogens is 3. The van der Waals surface area contributed by atoms with Crippen molar-refractivity contribution in [2.24, 2.45) is 5.92 Å². The van der Waals surface area contributed by atoms with Crippen molar-refractivity contribution in [1.82, 2.24) is 14.8 Å². The molecule has 0 bridgehead atoms. The second kappa shape index (κ2) is 5.81. The first-order valence-corrected chi connectivity index (χ1v) is 7.53. The van der Waals surface area contributed by atoms with Gasteiger partial charge in [0.2, 0.25) is 0 Å². The zero-order valence-electron chi connectivity index (χ0n) is 11.5. The summed E-state index contributed by atoms with van der Waals surface area (Å²) in [5.74, 6) is -0.211. The lowest BCUT2D eigenvalue weighted by Crippen LogP contribution is -2.25. The third-order valence-electron chi connectivity index (χ3n) is 4.10. The minimum Gasteiger partial charge on any atom is -0.481 e. The molecule has 0 aliphatic heterocycles. The maximum atomic E-state index is 11.3. The van der Waals surface area contributed by atoms with Crippen LogP contribution < -0.4 is 0 Å². The molecule has 2 N–H and O–H groups in total. The van der Waals surface area contributed by atoms with E-state index in [4.69, 9.17) is 12.2 Å². The van der Waals surface area contributed by atoms with Crippen LogP contribution in [0.5, 0.6) is 0 Å². The Balaban J connectivity index is 1.97. The summed E-state index contributed by atoms with van der Waals surface area (Å²) in [6.45, 7) is 0. The average Bonchev–Trinajstić information content (AvgIpc) is 2.90. The second-order valence-corrected chi connectivity index (χ2v) is 5.83. The van der Waals surface area contributed by atoms with Gasteiger partial charge in [-0.25, -0.2) is 0 Å². The normalized spacial score (nSPS) is 22.1. The molecule has 2 unspecified atom stereocenters. The van der Waals surface area contributed by atoms with Crippen LogP contribution in [0.1, 0.15) is 31.7 Å². The molecule has 1 fully saturated rings. The maximum Gasteiger partial charge on any atom is 0.306 e. The highest BCUT2D eigenvalue weighted by molar-refractivity contribution is 7.71. The number of rotatable bonds is 3. The Labute approximate surface area is 127 Å². The van der Waals surface area contributed by atoms with E-state index in [1.807, 2.05) is 34.9 Å². The summed E-state index contributed by atoms with van der Waals surface area (Å²) < 4.78 is 2.55. The highest BCUT2D eigenvalue weighted by Crippen LogP contribution is 2.35. The van der Waals surface area contributed by atoms with E-state index in [2.05, 4.69) is 10.2 Å². The summed E-state index contributed by atoms with van der Waals surface area (Å²) in [7, 11) is 0. The summed E-state index contributed by atoms with van der Waals surface area (Å²) in [6.07, 6.45) is 3.21. The van der Waals surface area contributed by atoms with E-state index in [0.29, 0.717) is 11.2 Å². The highest BCUT2D eigenvalue weighted by atomic mass is 32.1. The molecule has 3 rings (SSSR count). The van der Waals surface area contributed by atoms with Gasteiger partial charge in [0.1, 0.15) is 0 Å². The Morgan fingerprint density at radius 3 is 2.81 bits per heavy atom. The molecule has 110 valence electrons. The summed E-state index contributed by atoms with van der Waals surface area (Å²) in [5.41, 5.74) is 0.988. The van der Waals surface area contributed by atoms with Crippen molar-refractivity contribution in [2.45, 2.75) is 31.7 Å². The van der Waals surface area contributed by atoms with Crippen molar-refractivity contribution in [2.75, 3.05) is 0 Å². The van der Waals surface area contributed by atoms with E-state index in [-0.39, 0.29) is 12.0 Å². The van der Waals surface area contributed by atoms with E-state index < -0.39 is 5.97 Å². The van der Waals surface area contributed by atoms with Crippen LogP contribution in [0.2, 0.25) is 0 Å². The van der Waals surface area contributed by atoms with Gasteiger partial charge in [0.15, 0.2) is 10.6 Å². The Morgan fingerprint density at radius 1 is 1.33 bits per heavy atom. The molecular formula is C15H17N3O2S. The first-order chi connectivity index (χ1) is 10.2. The summed E-state index contributed by atoms with van der Waals surface area (Å²) in [5, 5.41) is 16.4. The van der Waals surface area contributed by atoms with E-state index in [0.717, 1.165) is 30.7 Å². The van der Waals surface area contributed by atoms with Crippen LogP contribution in [0.4, 0.5) is 0 Å². The molecule has 0 amide bonds. The van der Waals surface area contributed by atoms with E-state index >= 15 is 0 Å². The van der Waals surface area contributed by atoms with Gasteiger partial charge in [0.25, 0.3) is 0 Å². The number of aliphatic carboxylic acids is 1. The first kappa shape index (κ1) is 14.0. The van der Waals surface area contributed by atoms with Crippen LogP contribution in [0.25, 0.3) is 11.4 Å². The van der Waals surface area contributed by atoms with Gasteiger partial charge in [-0.1, -0.05) is 36.8 Å². The largest absolute Gasteiger partial charge is 0.481 e. The molecule has 1 aromatic carbocycles. The molecular weight excluding hydrogens is 286 g/mol. The van der Waals surface area contributed by atoms with Crippen molar-refractivity contribution in [3.05, 3.63) is 35.1 Å². The first-order valence-electron chi connectivity index (χ1n) is 7.12. The number of aromatic amines is 1. The number of nitrogens with zero attached hydrogens (tertiary/aromatic N) is 2. The number of carbonyl (C=O) groups is 1. The predicted molar refractivity (Wildman–Crippen MR) is 81.5 cm³/mol. The Morgan fingerprint density at radius 2 is 2.10 bits per heavy atom. The third kappa shape index (κ3) is 2.76. The molecule has 21 heavy (non-hydrogen) atoms. The van der Waals surface area contributed by atoms with Crippen molar-refractivity contribution < 1.29 is 9.90 Å². The van der Waals surface area contributed by atoms with Crippen LogP contribution in [0.3, 0.4) is 0 Å². The molecule has 1 aromatic heterocycles. The Hall–Kier alpha value is -1.95. The SMILES string of the molecule is O=C(O)C1CCCC(n2c(-c3ccccc3)n[nH]c2=S)C1. The van der Waals surface area contributed by atoms with Gasteiger partial charge in [-0.2, -0.15) is 5.10 Å². The number of hydrogen-bond donors (Lipinski definition) is 2. The van der Waals surface area contributed by atoms with Crippen LogP contribution in [-0.2, 0) is 4.79 Å². The molecule has 0 saturated heterocycles. The van der Waals surface area contributed by atoms with E-state index in [1.165, 1.54) is 0 Å². The number of carboxylic acid groups (broad SMARTS) is 1. The van der Waals surface area contributed by atoms with E-state index in [1.54, 1.807) is 0 Å². The van der Waals surface area contributed by atoms with Crippen molar-refractivity contribution in [1.29, 1.82) is 0 Å². The van der Waals surface area contributed by atoms with Crippen molar-refractivity contribution in [3.63, 3.8) is 0 Å². The molecule has 1 aliphatic rings. The molecule has 1 saturated carbocycles. The Kier molecular flexibility index (Phi) is 3.88. The molecule has 0 spiro atoms. The van der Waals surface area contributed by atoms with Crippen molar-refractivity contribution in [3.8, 4) is 11.4 Å². The number of benzene rings is 1. The lowest BCUT2D eigenvalue weighted by atomic mass is 9.85. The zero-order valence-corrected chi connectivity index (χ0v) is 12.3. The zero-order chi connectivity index (χ0) is 14.8. The van der Waals surface area contributed by atoms with Crippen LogP contribution >= 0.6 is 12.2 Å². The third-order valence-corrected chi connectivity index (χ3v) is 4.39.